The van der Waals surface area contributed by atoms with E-state index < -0.39 is 4.92 Å². The summed E-state index contributed by atoms with van der Waals surface area (Å²) in [4.78, 5) is 22.9. The maximum absolute atomic E-state index is 12.3. The minimum atomic E-state index is -0.558. The predicted octanol–water partition coefficient (Wildman–Crippen LogP) is 4.46. The Bertz CT molecular complexity index is 954. The van der Waals surface area contributed by atoms with Crippen LogP contribution in [0.1, 0.15) is 15.2 Å². The van der Waals surface area contributed by atoms with Gasteiger partial charge in [0.1, 0.15) is 0 Å². The number of nitro groups is 1. The number of aromatic nitrogens is 2. The summed E-state index contributed by atoms with van der Waals surface area (Å²) in [5.74, 6) is -0.532. The first-order valence-corrected chi connectivity index (χ1v) is 8.58. The SMILES string of the molecule is O=C(Nc1cccc(Cl)c1Cl)c1cc(Cn2ccc([N+](=O)[O-])n2)cs1. The highest BCUT2D eigenvalue weighted by Crippen LogP contribution is 2.30. The van der Waals surface area contributed by atoms with Crippen molar-refractivity contribution in [3.05, 3.63) is 72.5 Å². The number of carbonyl (C=O) groups is 1. The molecule has 0 unspecified atom stereocenters. The fourth-order valence-corrected chi connectivity index (χ4v) is 3.23. The lowest BCUT2D eigenvalue weighted by Gasteiger charge is -2.06. The third-order valence-corrected chi connectivity index (χ3v) is 5.03. The number of hydrogen-bond donors (Lipinski definition) is 1. The molecule has 25 heavy (non-hydrogen) atoms. The molecule has 3 rings (SSSR count). The monoisotopic (exact) mass is 396 g/mol. The van der Waals surface area contributed by atoms with Gasteiger partial charge in [0.2, 0.25) is 0 Å². The Morgan fingerprint density at radius 1 is 1.36 bits per heavy atom. The Morgan fingerprint density at radius 3 is 2.88 bits per heavy atom. The molecule has 0 aliphatic rings. The molecule has 10 heteroatoms. The van der Waals surface area contributed by atoms with E-state index >= 15 is 0 Å². The van der Waals surface area contributed by atoms with Crippen LogP contribution in [0.5, 0.6) is 0 Å². The average Bonchev–Trinajstić information content (AvgIpc) is 3.22. The van der Waals surface area contributed by atoms with Crippen molar-refractivity contribution in [2.75, 3.05) is 5.32 Å². The van der Waals surface area contributed by atoms with Crippen LogP contribution in [0.3, 0.4) is 0 Å². The predicted molar refractivity (Wildman–Crippen MR) is 96.7 cm³/mol. The molecule has 0 aliphatic carbocycles. The number of amides is 1. The van der Waals surface area contributed by atoms with Crippen LogP contribution in [0.15, 0.2) is 41.9 Å². The van der Waals surface area contributed by atoms with Crippen LogP contribution >= 0.6 is 34.5 Å². The summed E-state index contributed by atoms with van der Waals surface area (Å²) >= 11 is 13.2. The van der Waals surface area contributed by atoms with Crippen molar-refractivity contribution in [2.45, 2.75) is 6.54 Å². The molecule has 0 saturated heterocycles. The Balaban J connectivity index is 1.71. The van der Waals surface area contributed by atoms with Crippen LogP contribution in [-0.4, -0.2) is 20.6 Å². The number of nitrogens with one attached hydrogen (secondary N) is 1. The molecule has 3 aromatic rings. The van der Waals surface area contributed by atoms with Gasteiger partial charge in [-0.15, -0.1) is 11.3 Å². The van der Waals surface area contributed by atoms with Crippen molar-refractivity contribution in [3.63, 3.8) is 0 Å². The molecule has 0 bridgehead atoms. The third-order valence-electron chi connectivity index (χ3n) is 3.24. The van der Waals surface area contributed by atoms with Gasteiger partial charge < -0.3 is 15.4 Å². The number of carbonyl (C=O) groups excluding carboxylic acids is 1. The minimum Gasteiger partial charge on any atom is -0.358 e. The highest BCUT2D eigenvalue weighted by atomic mass is 35.5. The van der Waals surface area contributed by atoms with Crippen molar-refractivity contribution in [1.82, 2.24) is 9.78 Å². The third kappa shape index (κ3) is 3.98. The molecule has 0 atom stereocenters. The van der Waals surface area contributed by atoms with Crippen molar-refractivity contribution >= 4 is 52.0 Å². The van der Waals surface area contributed by atoms with Crippen LogP contribution in [0.25, 0.3) is 0 Å². The van der Waals surface area contributed by atoms with Gasteiger partial charge in [-0.25, -0.2) is 0 Å². The maximum Gasteiger partial charge on any atom is 0.389 e. The van der Waals surface area contributed by atoms with Gasteiger partial charge in [0.05, 0.1) is 44.5 Å². The number of halogens is 2. The molecule has 0 spiro atoms. The highest BCUT2D eigenvalue weighted by Gasteiger charge is 2.15. The van der Waals surface area contributed by atoms with E-state index in [1.54, 1.807) is 29.6 Å². The first-order chi connectivity index (χ1) is 11.9. The molecule has 0 aliphatic heterocycles. The zero-order valence-corrected chi connectivity index (χ0v) is 14.8. The van der Waals surface area contributed by atoms with Crippen LogP contribution in [0.2, 0.25) is 10.0 Å². The zero-order valence-electron chi connectivity index (χ0n) is 12.5. The standard InChI is InChI=1S/C15H10Cl2N4O3S/c16-10-2-1-3-11(14(10)17)18-15(22)12-6-9(8-25-12)7-20-5-4-13(19-20)21(23)24/h1-6,8H,7H2,(H,18,22). The minimum absolute atomic E-state index is 0.219. The van der Waals surface area contributed by atoms with Gasteiger partial charge in [-0.3, -0.25) is 4.79 Å². The lowest BCUT2D eigenvalue weighted by molar-refractivity contribution is -0.389. The van der Waals surface area contributed by atoms with Crippen LogP contribution in [-0.2, 0) is 6.54 Å². The fraction of sp³-hybridized carbons (Fsp3) is 0.0667. The Kier molecular flexibility index (Phi) is 5.03. The molecule has 1 amide bonds. The number of hydrogen-bond acceptors (Lipinski definition) is 5. The van der Waals surface area contributed by atoms with E-state index in [9.17, 15) is 14.9 Å². The van der Waals surface area contributed by atoms with E-state index in [1.165, 1.54) is 28.3 Å². The molecule has 1 aromatic carbocycles. The molecular formula is C15H10Cl2N4O3S. The van der Waals surface area contributed by atoms with E-state index in [0.717, 1.165) is 5.56 Å². The van der Waals surface area contributed by atoms with Crippen LogP contribution < -0.4 is 5.32 Å². The quantitative estimate of drug-likeness (QED) is 0.508. The number of thiophene rings is 1. The summed E-state index contributed by atoms with van der Waals surface area (Å²) in [7, 11) is 0. The number of nitrogens with zero attached hydrogens (tertiary/aromatic N) is 3. The lowest BCUT2D eigenvalue weighted by atomic mass is 10.3. The second-order valence-corrected chi connectivity index (χ2v) is 6.70. The van der Waals surface area contributed by atoms with Crippen LogP contribution in [0, 0.1) is 10.1 Å². The number of benzene rings is 1. The first kappa shape index (κ1) is 17.4. The van der Waals surface area contributed by atoms with Crippen molar-refractivity contribution < 1.29 is 9.72 Å². The molecule has 0 fully saturated rings. The smallest absolute Gasteiger partial charge is 0.358 e. The lowest BCUT2D eigenvalue weighted by Crippen LogP contribution is -2.10. The summed E-state index contributed by atoms with van der Waals surface area (Å²) in [5, 5.41) is 19.6. The van der Waals surface area contributed by atoms with E-state index in [1.807, 2.05) is 0 Å². The van der Waals surface area contributed by atoms with Gasteiger partial charge in [-0.05, 0) is 34.1 Å². The van der Waals surface area contributed by atoms with Crippen LogP contribution in [0.4, 0.5) is 11.5 Å². The topological polar surface area (TPSA) is 90.1 Å². The number of anilines is 1. The summed E-state index contributed by atoms with van der Waals surface area (Å²) < 4.78 is 1.44. The van der Waals surface area contributed by atoms with Gasteiger partial charge in [-0.1, -0.05) is 29.3 Å². The van der Waals surface area contributed by atoms with Gasteiger partial charge in [-0.2, -0.15) is 4.68 Å². The summed E-state index contributed by atoms with van der Waals surface area (Å²) in [6, 6.07) is 8.00. The Hall–Kier alpha value is -2.42. The van der Waals surface area contributed by atoms with Crippen molar-refractivity contribution in [1.29, 1.82) is 0 Å². The van der Waals surface area contributed by atoms with Gasteiger partial charge in [0.25, 0.3) is 5.91 Å². The van der Waals surface area contributed by atoms with Gasteiger partial charge in [0, 0.05) is 0 Å². The van der Waals surface area contributed by atoms with Gasteiger partial charge in [0.15, 0.2) is 0 Å². The summed E-state index contributed by atoms with van der Waals surface area (Å²) in [6.45, 7) is 0.329. The van der Waals surface area contributed by atoms with Crippen molar-refractivity contribution in [3.8, 4) is 0 Å². The average molecular weight is 397 g/mol. The van der Waals surface area contributed by atoms with E-state index in [-0.39, 0.29) is 16.7 Å². The molecular weight excluding hydrogens is 387 g/mol. The summed E-state index contributed by atoms with van der Waals surface area (Å²) in [6.07, 6.45) is 1.52. The molecule has 1 N–H and O–H groups in total. The molecule has 0 radical (unpaired) electrons. The second-order valence-electron chi connectivity index (χ2n) is 5.00. The molecule has 128 valence electrons. The largest absolute Gasteiger partial charge is 0.389 e. The Morgan fingerprint density at radius 2 is 2.16 bits per heavy atom. The highest BCUT2D eigenvalue weighted by molar-refractivity contribution is 7.12. The Labute approximate surface area is 155 Å². The normalized spacial score (nSPS) is 10.6. The zero-order chi connectivity index (χ0) is 18.0. The second kappa shape index (κ2) is 7.22. The maximum atomic E-state index is 12.3. The van der Waals surface area contributed by atoms with E-state index in [4.69, 9.17) is 23.2 Å². The van der Waals surface area contributed by atoms with E-state index in [0.29, 0.717) is 22.1 Å². The number of rotatable bonds is 5. The molecule has 0 saturated carbocycles. The summed E-state index contributed by atoms with van der Waals surface area (Å²) in [5.41, 5.74) is 1.24. The van der Waals surface area contributed by atoms with Crippen molar-refractivity contribution in [2.24, 2.45) is 0 Å². The fourth-order valence-electron chi connectivity index (χ4n) is 2.09. The molecule has 2 aromatic heterocycles. The van der Waals surface area contributed by atoms with E-state index in [2.05, 4.69) is 10.4 Å². The van der Waals surface area contributed by atoms with Gasteiger partial charge >= 0.3 is 5.82 Å². The first-order valence-electron chi connectivity index (χ1n) is 6.94. The molecule has 7 nitrogen and oxygen atoms in total. The molecule has 2 heterocycles.